The molecular formula is C27H31N3O2. The van der Waals surface area contributed by atoms with E-state index in [1.165, 1.54) is 16.8 Å². The second-order valence-electron chi connectivity index (χ2n) is 8.26. The number of aryl methyl sites for hydroxylation is 1. The molecule has 1 aliphatic rings. The lowest BCUT2D eigenvalue weighted by molar-refractivity contribution is -0.116. The highest BCUT2D eigenvalue weighted by atomic mass is 16.5. The Bertz CT molecular complexity index is 980. The second-order valence-corrected chi connectivity index (χ2v) is 8.26. The van der Waals surface area contributed by atoms with Gasteiger partial charge in [0.05, 0.1) is 13.0 Å². The SMILES string of the molecule is Cc1ccc(OCCC(=O)Nc2ccc(N3CCN(Cc4ccccc4)CC3)cc2)cc1. The topological polar surface area (TPSA) is 44.8 Å². The molecule has 0 bridgehead atoms. The molecule has 0 aromatic heterocycles. The van der Waals surface area contributed by atoms with Gasteiger partial charge in [-0.1, -0.05) is 48.0 Å². The largest absolute Gasteiger partial charge is 0.493 e. The van der Waals surface area contributed by atoms with Gasteiger partial charge in [-0.25, -0.2) is 0 Å². The summed E-state index contributed by atoms with van der Waals surface area (Å²) in [7, 11) is 0. The van der Waals surface area contributed by atoms with E-state index in [1.54, 1.807) is 0 Å². The standard InChI is InChI=1S/C27H31N3O2/c1-22-7-13-26(14-8-22)32-20-15-27(31)28-24-9-11-25(12-10-24)30-18-16-29(17-19-30)21-23-5-3-2-4-6-23/h2-14H,15-21H2,1H3,(H,28,31). The Balaban J connectivity index is 1.19. The molecule has 3 aromatic carbocycles. The fourth-order valence-electron chi connectivity index (χ4n) is 3.88. The molecule has 166 valence electrons. The Kier molecular flexibility index (Phi) is 7.41. The number of hydrogen-bond acceptors (Lipinski definition) is 4. The van der Waals surface area contributed by atoms with Gasteiger partial charge in [0.25, 0.3) is 0 Å². The molecule has 32 heavy (non-hydrogen) atoms. The van der Waals surface area contributed by atoms with E-state index < -0.39 is 0 Å². The van der Waals surface area contributed by atoms with Crippen LogP contribution >= 0.6 is 0 Å². The minimum Gasteiger partial charge on any atom is -0.493 e. The second kappa shape index (κ2) is 10.8. The first kappa shape index (κ1) is 21.9. The number of piperazine rings is 1. The van der Waals surface area contributed by atoms with E-state index in [4.69, 9.17) is 4.74 Å². The number of nitrogens with zero attached hydrogens (tertiary/aromatic N) is 2. The van der Waals surface area contributed by atoms with E-state index in [0.29, 0.717) is 13.0 Å². The summed E-state index contributed by atoms with van der Waals surface area (Å²) in [4.78, 5) is 17.1. The highest BCUT2D eigenvalue weighted by Crippen LogP contribution is 2.20. The Morgan fingerprint density at radius 3 is 2.25 bits per heavy atom. The van der Waals surface area contributed by atoms with Gasteiger partial charge in [-0.3, -0.25) is 9.69 Å². The number of rotatable bonds is 8. The van der Waals surface area contributed by atoms with Crippen LogP contribution in [0.5, 0.6) is 5.75 Å². The molecule has 1 fully saturated rings. The average molecular weight is 430 g/mol. The van der Waals surface area contributed by atoms with E-state index in [1.807, 2.05) is 43.3 Å². The van der Waals surface area contributed by atoms with Crippen LogP contribution < -0.4 is 15.0 Å². The van der Waals surface area contributed by atoms with Crippen LogP contribution in [-0.2, 0) is 11.3 Å². The van der Waals surface area contributed by atoms with Crippen LogP contribution in [0.25, 0.3) is 0 Å². The number of carbonyl (C=O) groups is 1. The maximum absolute atomic E-state index is 12.2. The quantitative estimate of drug-likeness (QED) is 0.563. The molecule has 0 spiro atoms. The van der Waals surface area contributed by atoms with Gasteiger partial charge in [0, 0.05) is 44.1 Å². The molecule has 1 N–H and O–H groups in total. The Labute approximate surface area is 190 Å². The highest BCUT2D eigenvalue weighted by molar-refractivity contribution is 5.90. The van der Waals surface area contributed by atoms with Gasteiger partial charge in [-0.2, -0.15) is 0 Å². The highest BCUT2D eigenvalue weighted by Gasteiger charge is 2.17. The van der Waals surface area contributed by atoms with Crippen molar-refractivity contribution in [1.82, 2.24) is 4.90 Å². The summed E-state index contributed by atoms with van der Waals surface area (Å²) in [6.45, 7) is 7.52. The van der Waals surface area contributed by atoms with E-state index in [-0.39, 0.29) is 5.91 Å². The van der Waals surface area contributed by atoms with Gasteiger partial charge in [-0.05, 0) is 48.9 Å². The zero-order valence-electron chi connectivity index (χ0n) is 18.7. The van der Waals surface area contributed by atoms with Crippen LogP contribution in [0.3, 0.4) is 0 Å². The fraction of sp³-hybridized carbons (Fsp3) is 0.296. The molecule has 0 unspecified atom stereocenters. The summed E-state index contributed by atoms with van der Waals surface area (Å²) >= 11 is 0. The van der Waals surface area contributed by atoms with Crippen molar-refractivity contribution in [2.75, 3.05) is 43.0 Å². The lowest BCUT2D eigenvalue weighted by Crippen LogP contribution is -2.45. The first-order chi connectivity index (χ1) is 15.7. The van der Waals surface area contributed by atoms with E-state index in [0.717, 1.165) is 44.2 Å². The number of nitrogens with one attached hydrogen (secondary N) is 1. The van der Waals surface area contributed by atoms with Crippen molar-refractivity contribution in [2.24, 2.45) is 0 Å². The average Bonchev–Trinajstić information content (AvgIpc) is 2.82. The van der Waals surface area contributed by atoms with Gasteiger partial charge in [-0.15, -0.1) is 0 Å². The van der Waals surface area contributed by atoms with Gasteiger partial charge in [0.15, 0.2) is 0 Å². The van der Waals surface area contributed by atoms with Gasteiger partial charge in [0.2, 0.25) is 5.91 Å². The molecule has 1 saturated heterocycles. The molecule has 1 amide bonds. The lowest BCUT2D eigenvalue weighted by atomic mass is 10.2. The fourth-order valence-corrected chi connectivity index (χ4v) is 3.88. The number of carbonyl (C=O) groups excluding carboxylic acids is 1. The van der Waals surface area contributed by atoms with Crippen LogP contribution in [0.2, 0.25) is 0 Å². The van der Waals surface area contributed by atoms with Crippen LogP contribution in [-0.4, -0.2) is 43.6 Å². The normalized spacial score (nSPS) is 14.2. The van der Waals surface area contributed by atoms with Crippen molar-refractivity contribution in [3.05, 3.63) is 90.0 Å². The molecule has 0 radical (unpaired) electrons. The van der Waals surface area contributed by atoms with Crippen LogP contribution in [0.1, 0.15) is 17.5 Å². The van der Waals surface area contributed by atoms with E-state index >= 15 is 0 Å². The molecule has 3 aromatic rings. The van der Waals surface area contributed by atoms with Crippen LogP contribution in [0.15, 0.2) is 78.9 Å². The van der Waals surface area contributed by atoms with Crippen molar-refractivity contribution >= 4 is 17.3 Å². The number of hydrogen-bond donors (Lipinski definition) is 1. The third kappa shape index (κ3) is 6.34. The van der Waals surface area contributed by atoms with Crippen molar-refractivity contribution < 1.29 is 9.53 Å². The monoisotopic (exact) mass is 429 g/mol. The number of anilines is 2. The molecule has 1 heterocycles. The Morgan fingerprint density at radius 1 is 0.875 bits per heavy atom. The first-order valence-corrected chi connectivity index (χ1v) is 11.3. The predicted octanol–water partition coefficient (Wildman–Crippen LogP) is 4.72. The first-order valence-electron chi connectivity index (χ1n) is 11.3. The summed E-state index contributed by atoms with van der Waals surface area (Å²) in [6, 6.07) is 26.6. The Hall–Kier alpha value is -3.31. The summed E-state index contributed by atoms with van der Waals surface area (Å²) in [5.41, 5.74) is 4.57. The van der Waals surface area contributed by atoms with Crippen molar-refractivity contribution in [3.8, 4) is 5.75 Å². The van der Waals surface area contributed by atoms with Gasteiger partial charge >= 0.3 is 0 Å². The summed E-state index contributed by atoms with van der Waals surface area (Å²) in [6.07, 6.45) is 0.318. The minimum atomic E-state index is -0.0422. The number of ether oxygens (including phenoxy) is 1. The molecule has 1 aliphatic heterocycles. The third-order valence-electron chi connectivity index (χ3n) is 5.76. The van der Waals surface area contributed by atoms with E-state index in [9.17, 15) is 4.79 Å². The maximum atomic E-state index is 12.2. The lowest BCUT2D eigenvalue weighted by Gasteiger charge is -2.36. The third-order valence-corrected chi connectivity index (χ3v) is 5.76. The summed E-state index contributed by atoms with van der Waals surface area (Å²) < 4.78 is 5.64. The van der Waals surface area contributed by atoms with Crippen LogP contribution in [0, 0.1) is 6.92 Å². The molecule has 0 saturated carbocycles. The van der Waals surface area contributed by atoms with E-state index in [2.05, 4.69) is 57.6 Å². The van der Waals surface area contributed by atoms with Crippen molar-refractivity contribution in [2.45, 2.75) is 19.9 Å². The molecular weight excluding hydrogens is 398 g/mol. The van der Waals surface area contributed by atoms with Gasteiger partial charge < -0.3 is 15.0 Å². The zero-order chi connectivity index (χ0) is 22.2. The predicted molar refractivity (Wildman–Crippen MR) is 130 cm³/mol. The molecule has 0 aliphatic carbocycles. The molecule has 0 atom stereocenters. The van der Waals surface area contributed by atoms with Gasteiger partial charge in [0.1, 0.15) is 5.75 Å². The smallest absolute Gasteiger partial charge is 0.227 e. The summed E-state index contributed by atoms with van der Waals surface area (Å²) in [5, 5.41) is 2.96. The molecule has 5 heteroatoms. The Morgan fingerprint density at radius 2 is 1.56 bits per heavy atom. The van der Waals surface area contributed by atoms with Crippen molar-refractivity contribution in [1.29, 1.82) is 0 Å². The van der Waals surface area contributed by atoms with Crippen molar-refractivity contribution in [3.63, 3.8) is 0 Å². The zero-order valence-corrected chi connectivity index (χ0v) is 18.7. The number of benzene rings is 3. The van der Waals surface area contributed by atoms with Crippen LogP contribution in [0.4, 0.5) is 11.4 Å². The molecule has 5 nitrogen and oxygen atoms in total. The maximum Gasteiger partial charge on any atom is 0.227 e. The molecule has 4 rings (SSSR count). The summed E-state index contributed by atoms with van der Waals surface area (Å²) in [5.74, 6) is 0.746. The number of amides is 1. The minimum absolute atomic E-state index is 0.0422.